The smallest absolute Gasteiger partial charge is 0.321 e. The van der Waals surface area contributed by atoms with E-state index >= 15 is 0 Å². The summed E-state index contributed by atoms with van der Waals surface area (Å²) in [7, 11) is 1.69. The van der Waals surface area contributed by atoms with E-state index in [0.717, 1.165) is 32.5 Å². The number of nitrogens with zero attached hydrogens (tertiary/aromatic N) is 1. The van der Waals surface area contributed by atoms with Crippen LogP contribution in [0.25, 0.3) is 0 Å². The van der Waals surface area contributed by atoms with E-state index in [1.165, 1.54) is 12.8 Å². The van der Waals surface area contributed by atoms with Crippen molar-refractivity contribution in [3.63, 3.8) is 0 Å². The third-order valence-corrected chi connectivity index (χ3v) is 4.03. The predicted molar refractivity (Wildman–Crippen MR) is 60.3 cm³/mol. The maximum absolute atomic E-state index is 11.3. The van der Waals surface area contributed by atoms with Crippen molar-refractivity contribution in [1.82, 2.24) is 4.90 Å². The molecule has 0 spiro atoms. The zero-order valence-corrected chi connectivity index (χ0v) is 9.89. The van der Waals surface area contributed by atoms with E-state index < -0.39 is 5.97 Å². The topological polar surface area (TPSA) is 49.8 Å². The van der Waals surface area contributed by atoms with Gasteiger partial charge >= 0.3 is 5.97 Å². The number of aliphatic carboxylic acids is 1. The normalized spacial score (nSPS) is 34.2. The van der Waals surface area contributed by atoms with Crippen LogP contribution in [0.3, 0.4) is 0 Å². The molecule has 0 aromatic rings. The standard InChI is InChI=1S/C12H21NO3/c1-16-7-3-6-13-8-9-4-2-5-10(9)11(13)12(14)15/h9-11H,2-8H2,1H3,(H,14,15). The van der Waals surface area contributed by atoms with E-state index in [1.54, 1.807) is 7.11 Å². The SMILES string of the molecule is COCCCN1CC2CCCC2C1C(=O)O. The minimum Gasteiger partial charge on any atom is -0.480 e. The molecule has 1 N–H and O–H groups in total. The van der Waals surface area contributed by atoms with Gasteiger partial charge in [-0.25, -0.2) is 0 Å². The van der Waals surface area contributed by atoms with Crippen LogP contribution in [0.5, 0.6) is 0 Å². The first-order chi connectivity index (χ1) is 7.74. The molecule has 0 bridgehead atoms. The average molecular weight is 227 g/mol. The molecule has 1 aliphatic carbocycles. The molecule has 2 aliphatic rings. The van der Waals surface area contributed by atoms with Gasteiger partial charge < -0.3 is 9.84 Å². The van der Waals surface area contributed by atoms with Gasteiger partial charge in [-0.1, -0.05) is 6.42 Å². The Bertz CT molecular complexity index is 257. The first-order valence-electron chi connectivity index (χ1n) is 6.20. The second-order valence-corrected chi connectivity index (χ2v) is 4.98. The third kappa shape index (κ3) is 2.23. The van der Waals surface area contributed by atoms with Gasteiger partial charge in [0, 0.05) is 26.8 Å². The summed E-state index contributed by atoms with van der Waals surface area (Å²) in [6.07, 6.45) is 4.46. The van der Waals surface area contributed by atoms with Crippen molar-refractivity contribution >= 4 is 5.97 Å². The number of hydrogen-bond donors (Lipinski definition) is 1. The molecule has 16 heavy (non-hydrogen) atoms. The van der Waals surface area contributed by atoms with Gasteiger partial charge in [0.1, 0.15) is 6.04 Å². The Hall–Kier alpha value is -0.610. The Morgan fingerprint density at radius 2 is 2.31 bits per heavy atom. The molecule has 3 atom stereocenters. The summed E-state index contributed by atoms with van der Waals surface area (Å²) in [6.45, 7) is 2.56. The van der Waals surface area contributed by atoms with Crippen molar-refractivity contribution in [2.45, 2.75) is 31.7 Å². The van der Waals surface area contributed by atoms with Crippen molar-refractivity contribution in [3.05, 3.63) is 0 Å². The van der Waals surface area contributed by atoms with Crippen LogP contribution in [0.15, 0.2) is 0 Å². The number of likely N-dealkylation sites (tertiary alicyclic amines) is 1. The highest BCUT2D eigenvalue weighted by Gasteiger charge is 2.47. The highest BCUT2D eigenvalue weighted by atomic mass is 16.5. The number of carboxylic acids is 1. The lowest BCUT2D eigenvalue weighted by Gasteiger charge is -2.23. The first-order valence-corrected chi connectivity index (χ1v) is 6.20. The summed E-state index contributed by atoms with van der Waals surface area (Å²) in [6, 6.07) is -0.232. The van der Waals surface area contributed by atoms with Crippen LogP contribution in [-0.4, -0.2) is 48.8 Å². The van der Waals surface area contributed by atoms with Crippen LogP contribution in [-0.2, 0) is 9.53 Å². The highest BCUT2D eigenvalue weighted by molar-refractivity contribution is 5.74. The second kappa shape index (κ2) is 5.15. The molecule has 1 saturated carbocycles. The Labute approximate surface area is 96.6 Å². The number of carbonyl (C=O) groups is 1. The quantitative estimate of drug-likeness (QED) is 0.717. The van der Waals surface area contributed by atoms with Crippen LogP contribution in [0.4, 0.5) is 0 Å². The number of fused-ring (bicyclic) bond motifs is 1. The molecule has 2 fully saturated rings. The minimum absolute atomic E-state index is 0.232. The van der Waals surface area contributed by atoms with E-state index in [2.05, 4.69) is 4.90 Å². The van der Waals surface area contributed by atoms with E-state index in [0.29, 0.717) is 11.8 Å². The molecular weight excluding hydrogens is 206 g/mol. The average Bonchev–Trinajstić information content (AvgIpc) is 2.76. The van der Waals surface area contributed by atoms with Gasteiger partial charge in [-0.05, 0) is 31.1 Å². The zero-order chi connectivity index (χ0) is 11.5. The number of ether oxygens (including phenoxy) is 1. The summed E-state index contributed by atoms with van der Waals surface area (Å²) in [5.74, 6) is 0.399. The molecule has 0 radical (unpaired) electrons. The van der Waals surface area contributed by atoms with Crippen LogP contribution in [0.1, 0.15) is 25.7 Å². The van der Waals surface area contributed by atoms with Crippen LogP contribution < -0.4 is 0 Å². The molecular formula is C12H21NO3. The Kier molecular flexibility index (Phi) is 3.82. The summed E-state index contributed by atoms with van der Waals surface area (Å²) < 4.78 is 5.02. The maximum atomic E-state index is 11.3. The van der Waals surface area contributed by atoms with Gasteiger partial charge in [0.25, 0.3) is 0 Å². The summed E-state index contributed by atoms with van der Waals surface area (Å²) in [5.41, 5.74) is 0. The van der Waals surface area contributed by atoms with Crippen molar-refractivity contribution in [2.75, 3.05) is 26.8 Å². The molecule has 0 aromatic heterocycles. The van der Waals surface area contributed by atoms with Crippen molar-refractivity contribution in [1.29, 1.82) is 0 Å². The van der Waals surface area contributed by atoms with Crippen LogP contribution >= 0.6 is 0 Å². The fraction of sp³-hybridized carbons (Fsp3) is 0.917. The predicted octanol–water partition coefficient (Wildman–Crippen LogP) is 1.21. The number of carboxylic acid groups (broad SMARTS) is 1. The Balaban J connectivity index is 1.94. The largest absolute Gasteiger partial charge is 0.480 e. The molecule has 4 nitrogen and oxygen atoms in total. The fourth-order valence-electron chi connectivity index (χ4n) is 3.38. The minimum atomic E-state index is -0.633. The van der Waals surface area contributed by atoms with Crippen LogP contribution in [0, 0.1) is 11.8 Å². The highest BCUT2D eigenvalue weighted by Crippen LogP contribution is 2.42. The molecule has 1 aliphatic heterocycles. The molecule has 92 valence electrons. The molecule has 0 amide bonds. The lowest BCUT2D eigenvalue weighted by atomic mass is 9.94. The summed E-state index contributed by atoms with van der Waals surface area (Å²) in [5, 5.41) is 9.31. The first kappa shape index (κ1) is 11.9. The molecule has 4 heteroatoms. The van der Waals surface area contributed by atoms with E-state index in [4.69, 9.17) is 4.74 Å². The van der Waals surface area contributed by atoms with Gasteiger partial charge in [-0.2, -0.15) is 0 Å². The van der Waals surface area contributed by atoms with Gasteiger partial charge in [-0.15, -0.1) is 0 Å². The summed E-state index contributed by atoms with van der Waals surface area (Å²) in [4.78, 5) is 13.5. The monoisotopic (exact) mass is 227 g/mol. The number of methoxy groups -OCH3 is 1. The molecule has 0 aromatic carbocycles. The van der Waals surface area contributed by atoms with Crippen molar-refractivity contribution in [3.8, 4) is 0 Å². The molecule has 1 saturated heterocycles. The van der Waals surface area contributed by atoms with Gasteiger partial charge in [0.05, 0.1) is 0 Å². The second-order valence-electron chi connectivity index (χ2n) is 4.98. The zero-order valence-electron chi connectivity index (χ0n) is 9.89. The Morgan fingerprint density at radius 3 is 3.00 bits per heavy atom. The molecule has 3 unspecified atom stereocenters. The molecule has 2 rings (SSSR count). The van der Waals surface area contributed by atoms with Gasteiger partial charge in [0.2, 0.25) is 0 Å². The van der Waals surface area contributed by atoms with E-state index in [-0.39, 0.29) is 6.04 Å². The summed E-state index contributed by atoms with van der Waals surface area (Å²) >= 11 is 0. The van der Waals surface area contributed by atoms with Gasteiger partial charge in [0.15, 0.2) is 0 Å². The lowest BCUT2D eigenvalue weighted by Crippen LogP contribution is -2.40. The van der Waals surface area contributed by atoms with Crippen molar-refractivity contribution < 1.29 is 14.6 Å². The third-order valence-electron chi connectivity index (χ3n) is 4.03. The maximum Gasteiger partial charge on any atom is 0.321 e. The Morgan fingerprint density at radius 1 is 1.50 bits per heavy atom. The van der Waals surface area contributed by atoms with Gasteiger partial charge in [-0.3, -0.25) is 9.69 Å². The van der Waals surface area contributed by atoms with E-state index in [1.807, 2.05) is 0 Å². The number of hydrogen-bond acceptors (Lipinski definition) is 3. The molecule has 1 heterocycles. The fourth-order valence-corrected chi connectivity index (χ4v) is 3.38. The van der Waals surface area contributed by atoms with E-state index in [9.17, 15) is 9.90 Å². The lowest BCUT2D eigenvalue weighted by molar-refractivity contribution is -0.143. The number of rotatable bonds is 5. The van der Waals surface area contributed by atoms with Crippen molar-refractivity contribution in [2.24, 2.45) is 11.8 Å². The van der Waals surface area contributed by atoms with Crippen LogP contribution in [0.2, 0.25) is 0 Å².